The number of esters is 3. The maximum absolute atomic E-state index is 14.3. The van der Waals surface area contributed by atoms with Gasteiger partial charge in [0, 0.05) is 16.9 Å². The van der Waals surface area contributed by atoms with Crippen molar-refractivity contribution in [2.24, 2.45) is 35.0 Å². The van der Waals surface area contributed by atoms with E-state index < -0.39 is 76.5 Å². The molecule has 2 heterocycles. The van der Waals surface area contributed by atoms with Crippen LogP contribution in [0.25, 0.3) is 0 Å². The molecule has 45 heavy (non-hydrogen) atoms. The quantitative estimate of drug-likeness (QED) is 0.270. The van der Waals surface area contributed by atoms with Gasteiger partial charge in [0.1, 0.15) is 0 Å². The molecule has 6 atom stereocenters. The Morgan fingerprint density at radius 1 is 0.667 bits per heavy atom. The Bertz CT molecular complexity index is 1620. The summed E-state index contributed by atoms with van der Waals surface area (Å²) in [7, 11) is 2.47. The van der Waals surface area contributed by atoms with Gasteiger partial charge < -0.3 is 14.2 Å². The monoisotopic (exact) mass is 614 g/mol. The first-order valence-electron chi connectivity index (χ1n) is 14.4. The molecule has 232 valence electrons. The summed E-state index contributed by atoms with van der Waals surface area (Å²) in [6.45, 7) is 4.92. The van der Waals surface area contributed by atoms with Crippen LogP contribution in [-0.2, 0) is 38.2 Å². The Labute approximate surface area is 257 Å². The molecule has 5 aliphatic rings. The van der Waals surface area contributed by atoms with Crippen LogP contribution in [-0.4, -0.2) is 62.4 Å². The Kier molecular flexibility index (Phi) is 6.98. The van der Waals surface area contributed by atoms with Crippen LogP contribution in [0.1, 0.15) is 41.5 Å². The number of imide groups is 2. The van der Waals surface area contributed by atoms with Crippen LogP contribution in [0.3, 0.4) is 0 Å². The van der Waals surface area contributed by atoms with Gasteiger partial charge in [0.15, 0.2) is 0 Å². The molecule has 0 radical (unpaired) electrons. The molecule has 1 saturated carbocycles. The van der Waals surface area contributed by atoms with Gasteiger partial charge in [-0.3, -0.25) is 29.0 Å². The third-order valence-electron chi connectivity index (χ3n) is 9.77. The van der Waals surface area contributed by atoms with Crippen molar-refractivity contribution in [3.05, 3.63) is 70.8 Å². The number of anilines is 2. The van der Waals surface area contributed by atoms with Gasteiger partial charge in [0.2, 0.25) is 23.6 Å². The molecule has 2 aromatic carbocycles. The fourth-order valence-corrected chi connectivity index (χ4v) is 8.05. The van der Waals surface area contributed by atoms with E-state index in [1.54, 1.807) is 20.8 Å². The van der Waals surface area contributed by atoms with E-state index in [2.05, 4.69) is 0 Å². The summed E-state index contributed by atoms with van der Waals surface area (Å²) in [6, 6.07) is 11.5. The highest BCUT2D eigenvalue weighted by atomic mass is 16.5. The lowest BCUT2D eigenvalue weighted by Crippen LogP contribution is -2.61. The Morgan fingerprint density at radius 3 is 1.42 bits per heavy atom. The van der Waals surface area contributed by atoms with Crippen molar-refractivity contribution in [2.75, 3.05) is 30.6 Å². The van der Waals surface area contributed by atoms with E-state index >= 15 is 0 Å². The number of carbonyl (C=O) groups excluding carboxylic acids is 7. The van der Waals surface area contributed by atoms with Crippen molar-refractivity contribution in [1.82, 2.24) is 0 Å². The van der Waals surface area contributed by atoms with Crippen LogP contribution in [0.2, 0.25) is 0 Å². The van der Waals surface area contributed by atoms with E-state index in [1.807, 2.05) is 0 Å². The SMILES string of the molecule is CCOC(=O)C1=C(C)C2[C@@H]3C(=O)N(c4ccc(C(=O)OC)cc4)C(=O)[C@H]3C1(C)[C@H]1C(=O)N(c3ccc(C(=O)OC)cc3)C(=O)[C@@H]21. The lowest BCUT2D eigenvalue weighted by Gasteiger charge is -2.55. The second-order valence-corrected chi connectivity index (χ2v) is 11.7. The van der Waals surface area contributed by atoms with Crippen molar-refractivity contribution < 1.29 is 47.8 Å². The molecule has 3 fully saturated rings. The second-order valence-electron chi connectivity index (χ2n) is 11.7. The minimum absolute atomic E-state index is 0.0373. The minimum Gasteiger partial charge on any atom is -0.465 e. The smallest absolute Gasteiger partial charge is 0.337 e. The van der Waals surface area contributed by atoms with E-state index in [0.717, 1.165) is 9.80 Å². The van der Waals surface area contributed by atoms with Gasteiger partial charge in [-0.2, -0.15) is 0 Å². The number of amides is 4. The van der Waals surface area contributed by atoms with Crippen molar-refractivity contribution in [2.45, 2.75) is 20.8 Å². The highest BCUT2D eigenvalue weighted by Gasteiger charge is 2.77. The number of ether oxygens (including phenoxy) is 3. The molecule has 12 heteroatoms. The molecule has 0 aromatic heterocycles. The molecule has 7 rings (SSSR count). The zero-order chi connectivity index (χ0) is 32.5. The number of carbonyl (C=O) groups is 7. The Balaban J connectivity index is 1.47. The van der Waals surface area contributed by atoms with Crippen molar-refractivity contribution in [1.29, 1.82) is 0 Å². The number of nitrogens with zero attached hydrogens (tertiary/aromatic N) is 2. The van der Waals surface area contributed by atoms with Gasteiger partial charge in [0.25, 0.3) is 0 Å². The summed E-state index contributed by atoms with van der Waals surface area (Å²) >= 11 is 0. The first-order valence-corrected chi connectivity index (χ1v) is 14.4. The minimum atomic E-state index is -1.57. The second kappa shape index (κ2) is 10.5. The summed E-state index contributed by atoms with van der Waals surface area (Å²) in [5.41, 5.74) is -0.145. The molecular weight excluding hydrogens is 584 g/mol. The van der Waals surface area contributed by atoms with Crippen LogP contribution < -0.4 is 9.80 Å². The van der Waals surface area contributed by atoms with Crippen molar-refractivity contribution >= 4 is 52.9 Å². The number of methoxy groups -OCH3 is 2. The third-order valence-corrected chi connectivity index (χ3v) is 9.77. The normalized spacial score (nSPS) is 28.3. The van der Waals surface area contributed by atoms with E-state index in [1.165, 1.54) is 62.8 Å². The zero-order valence-electron chi connectivity index (χ0n) is 25.2. The van der Waals surface area contributed by atoms with E-state index in [0.29, 0.717) is 5.57 Å². The standard InChI is InChI=1S/C33H30N2O10/c1-6-45-32(42)23-15(2)20-21-24(28(38)34(26(21)36)18-11-7-16(8-12-18)30(40)43-4)33(23,3)25-22(20)27(37)35(29(25)39)19-13-9-17(10-14-19)31(41)44-5/h7-14,20-22,24-25H,6H2,1-5H3/t20?,21-,22-,24-,25+,33?/m0/s1. The maximum Gasteiger partial charge on any atom is 0.337 e. The molecule has 0 spiro atoms. The first-order chi connectivity index (χ1) is 21.4. The number of allylic oxidation sites excluding steroid dienone is 1. The van der Waals surface area contributed by atoms with E-state index in [-0.39, 0.29) is 34.7 Å². The fourth-order valence-electron chi connectivity index (χ4n) is 8.05. The summed E-state index contributed by atoms with van der Waals surface area (Å²) in [6.07, 6.45) is 0. The molecule has 3 aliphatic carbocycles. The fraction of sp³-hybridized carbons (Fsp3) is 0.364. The van der Waals surface area contributed by atoms with Crippen molar-refractivity contribution in [3.8, 4) is 0 Å². The van der Waals surface area contributed by atoms with Gasteiger partial charge in [-0.05, 0) is 62.4 Å². The third kappa shape index (κ3) is 3.94. The highest BCUT2D eigenvalue weighted by molar-refractivity contribution is 6.27. The molecule has 2 bridgehead atoms. The van der Waals surface area contributed by atoms with Gasteiger partial charge >= 0.3 is 17.9 Å². The average molecular weight is 615 g/mol. The predicted molar refractivity (Wildman–Crippen MR) is 155 cm³/mol. The molecule has 2 aliphatic heterocycles. The van der Waals surface area contributed by atoms with Crippen LogP contribution in [0.15, 0.2) is 59.7 Å². The molecule has 2 saturated heterocycles. The van der Waals surface area contributed by atoms with Crippen LogP contribution >= 0.6 is 0 Å². The molecule has 12 nitrogen and oxygen atoms in total. The summed E-state index contributed by atoms with van der Waals surface area (Å²) < 4.78 is 14.9. The Morgan fingerprint density at radius 2 is 1.07 bits per heavy atom. The zero-order valence-corrected chi connectivity index (χ0v) is 25.2. The van der Waals surface area contributed by atoms with Crippen LogP contribution in [0, 0.1) is 35.0 Å². The largest absolute Gasteiger partial charge is 0.465 e. The van der Waals surface area contributed by atoms with E-state index in [4.69, 9.17) is 14.2 Å². The Hall–Kier alpha value is -5.13. The molecule has 4 amide bonds. The summed E-state index contributed by atoms with van der Waals surface area (Å²) in [5, 5.41) is 0. The van der Waals surface area contributed by atoms with E-state index in [9.17, 15) is 33.6 Å². The molecule has 0 N–H and O–H groups in total. The van der Waals surface area contributed by atoms with Gasteiger partial charge in [0.05, 0.1) is 67.0 Å². The van der Waals surface area contributed by atoms with Gasteiger partial charge in [-0.1, -0.05) is 12.5 Å². The summed E-state index contributed by atoms with van der Waals surface area (Å²) in [4.78, 5) is 96.4. The van der Waals surface area contributed by atoms with Gasteiger partial charge in [-0.15, -0.1) is 0 Å². The predicted octanol–water partition coefficient (Wildman–Crippen LogP) is 2.70. The summed E-state index contributed by atoms with van der Waals surface area (Å²) in [5.74, 6) is -9.51. The number of benzene rings is 2. The molecular formula is C33H30N2O10. The lowest BCUT2D eigenvalue weighted by atomic mass is 9.43. The number of hydrogen-bond donors (Lipinski definition) is 0. The van der Waals surface area contributed by atoms with Crippen LogP contribution in [0.5, 0.6) is 0 Å². The van der Waals surface area contributed by atoms with Crippen molar-refractivity contribution in [3.63, 3.8) is 0 Å². The van der Waals surface area contributed by atoms with Crippen LogP contribution in [0.4, 0.5) is 11.4 Å². The lowest BCUT2D eigenvalue weighted by molar-refractivity contribution is -0.155. The number of rotatable bonds is 6. The molecule has 2 aromatic rings. The molecule has 2 unspecified atom stereocenters. The average Bonchev–Trinajstić information content (AvgIpc) is 3.46. The topological polar surface area (TPSA) is 154 Å². The maximum atomic E-state index is 14.3. The van der Waals surface area contributed by atoms with Gasteiger partial charge in [-0.25, -0.2) is 14.4 Å². The first kappa shape index (κ1) is 29.9. The highest BCUT2D eigenvalue weighted by Crippen LogP contribution is 2.68. The number of hydrogen-bond acceptors (Lipinski definition) is 10.